The molecule has 1 aliphatic rings. The number of carbonyl (C=O) groups excluding carboxylic acids is 1. The smallest absolute Gasteiger partial charge is 0.146 e. The highest BCUT2D eigenvalue weighted by Crippen LogP contribution is 2.33. The second-order valence-electron chi connectivity index (χ2n) is 4.24. The van der Waals surface area contributed by atoms with E-state index in [1.54, 1.807) is 6.92 Å². The maximum Gasteiger partial charge on any atom is 0.146 e. The predicted octanol–water partition coefficient (Wildman–Crippen LogP) is 1.35. The zero-order valence-corrected chi connectivity index (χ0v) is 7.77. The largest absolute Gasteiger partial charge is 0.304 e. The molecule has 2 heteroatoms. The molecule has 2 atom stereocenters. The first kappa shape index (κ1) is 8.72. The molecule has 0 aromatic heterocycles. The normalized spacial score (nSPS) is 35.6. The second kappa shape index (κ2) is 2.59. The minimum Gasteiger partial charge on any atom is -0.304 e. The van der Waals surface area contributed by atoms with E-state index in [9.17, 15) is 4.79 Å². The minimum atomic E-state index is 0.0972. The van der Waals surface area contributed by atoms with Crippen LogP contribution in [0.4, 0.5) is 0 Å². The van der Waals surface area contributed by atoms with Crippen molar-refractivity contribution < 1.29 is 4.79 Å². The van der Waals surface area contributed by atoms with Crippen LogP contribution in [0.1, 0.15) is 34.1 Å². The van der Waals surface area contributed by atoms with Crippen molar-refractivity contribution in [3.05, 3.63) is 0 Å². The highest BCUT2D eigenvalue weighted by Gasteiger charge is 2.38. The van der Waals surface area contributed by atoms with Crippen molar-refractivity contribution in [3.63, 3.8) is 0 Å². The molecule has 0 aromatic rings. The topological polar surface area (TPSA) is 29.1 Å². The third-order valence-corrected chi connectivity index (χ3v) is 2.84. The first-order chi connectivity index (χ1) is 4.93. The summed E-state index contributed by atoms with van der Waals surface area (Å²) in [5.74, 6) is 0.266. The van der Waals surface area contributed by atoms with Crippen molar-refractivity contribution >= 4 is 5.78 Å². The molecule has 0 saturated carbocycles. The van der Waals surface area contributed by atoms with E-state index in [0.717, 1.165) is 6.42 Å². The van der Waals surface area contributed by atoms with E-state index in [0.29, 0.717) is 6.04 Å². The Morgan fingerprint density at radius 2 is 2.09 bits per heavy atom. The quantitative estimate of drug-likeness (QED) is 0.619. The molecule has 11 heavy (non-hydrogen) atoms. The molecule has 1 rings (SSSR count). The molecule has 1 saturated heterocycles. The monoisotopic (exact) mass is 155 g/mol. The van der Waals surface area contributed by atoms with E-state index < -0.39 is 0 Å². The summed E-state index contributed by atoms with van der Waals surface area (Å²) in [6.45, 7) is 8.20. The fraction of sp³-hybridized carbons (Fsp3) is 0.889. The number of carbonyl (C=O) groups is 1. The molecule has 0 radical (unpaired) electrons. The molecular formula is C9H17NO. The van der Waals surface area contributed by atoms with Gasteiger partial charge in [0.25, 0.3) is 0 Å². The molecular weight excluding hydrogens is 138 g/mol. The lowest BCUT2D eigenvalue weighted by Crippen LogP contribution is -2.34. The van der Waals surface area contributed by atoms with E-state index in [1.807, 2.05) is 0 Å². The summed E-state index contributed by atoms with van der Waals surface area (Å²) >= 11 is 0. The highest BCUT2D eigenvalue weighted by molar-refractivity contribution is 5.81. The van der Waals surface area contributed by atoms with Gasteiger partial charge in [-0.05, 0) is 25.7 Å². The average Bonchev–Trinajstić information content (AvgIpc) is 2.08. The van der Waals surface area contributed by atoms with Gasteiger partial charge in [0.15, 0.2) is 0 Å². The maximum absolute atomic E-state index is 11.0. The van der Waals surface area contributed by atoms with Crippen LogP contribution in [0.15, 0.2) is 0 Å². The molecule has 1 aliphatic heterocycles. The van der Waals surface area contributed by atoms with Crippen LogP contribution in [-0.2, 0) is 4.79 Å². The van der Waals surface area contributed by atoms with Gasteiger partial charge < -0.3 is 5.32 Å². The van der Waals surface area contributed by atoms with Crippen LogP contribution in [0.25, 0.3) is 0 Å². The summed E-state index contributed by atoms with van der Waals surface area (Å²) in [5.41, 5.74) is 0.274. The van der Waals surface area contributed by atoms with Gasteiger partial charge in [-0.3, -0.25) is 4.79 Å². The Balaban J connectivity index is 2.64. The van der Waals surface area contributed by atoms with Crippen LogP contribution in [-0.4, -0.2) is 17.9 Å². The molecule has 0 unspecified atom stereocenters. The molecule has 0 amide bonds. The lowest BCUT2D eigenvalue weighted by atomic mass is 9.84. The molecule has 0 spiro atoms. The van der Waals surface area contributed by atoms with Gasteiger partial charge >= 0.3 is 0 Å². The summed E-state index contributed by atoms with van der Waals surface area (Å²) < 4.78 is 0. The van der Waals surface area contributed by atoms with Gasteiger partial charge in [-0.1, -0.05) is 13.8 Å². The van der Waals surface area contributed by atoms with Crippen molar-refractivity contribution in [3.8, 4) is 0 Å². The van der Waals surface area contributed by atoms with Gasteiger partial charge in [0.2, 0.25) is 0 Å². The first-order valence-electron chi connectivity index (χ1n) is 4.20. The number of rotatable bonds is 1. The van der Waals surface area contributed by atoms with E-state index in [2.05, 4.69) is 26.1 Å². The van der Waals surface area contributed by atoms with Gasteiger partial charge in [-0.2, -0.15) is 0 Å². The fourth-order valence-electron chi connectivity index (χ4n) is 1.55. The Kier molecular flexibility index (Phi) is 2.06. The van der Waals surface area contributed by atoms with E-state index >= 15 is 0 Å². The molecule has 0 bridgehead atoms. The van der Waals surface area contributed by atoms with Gasteiger partial charge in [-0.25, -0.2) is 0 Å². The van der Waals surface area contributed by atoms with Gasteiger partial charge in [0.05, 0.1) is 6.04 Å². The van der Waals surface area contributed by atoms with Crippen LogP contribution >= 0.6 is 0 Å². The number of ketones is 1. The van der Waals surface area contributed by atoms with Crippen molar-refractivity contribution in [2.24, 2.45) is 5.41 Å². The molecule has 1 fully saturated rings. The third kappa shape index (κ3) is 1.62. The van der Waals surface area contributed by atoms with Crippen molar-refractivity contribution in [2.75, 3.05) is 0 Å². The Hall–Kier alpha value is -0.370. The van der Waals surface area contributed by atoms with E-state index in [4.69, 9.17) is 0 Å². The van der Waals surface area contributed by atoms with Crippen LogP contribution in [0.3, 0.4) is 0 Å². The van der Waals surface area contributed by atoms with Crippen molar-refractivity contribution in [2.45, 2.75) is 46.2 Å². The SMILES string of the molecule is CC(=O)[C@@H]1CC(C)(C)[C@H](C)N1. The number of hydrogen-bond acceptors (Lipinski definition) is 2. The Labute approximate surface area is 68.4 Å². The third-order valence-electron chi connectivity index (χ3n) is 2.84. The van der Waals surface area contributed by atoms with Gasteiger partial charge in [0, 0.05) is 6.04 Å². The summed E-state index contributed by atoms with van der Waals surface area (Å²) in [7, 11) is 0. The van der Waals surface area contributed by atoms with E-state index in [1.165, 1.54) is 0 Å². The Bertz CT molecular complexity index is 174. The number of nitrogens with one attached hydrogen (secondary N) is 1. The lowest BCUT2D eigenvalue weighted by Gasteiger charge is -2.21. The molecule has 1 heterocycles. The molecule has 64 valence electrons. The molecule has 0 aromatic carbocycles. The number of Topliss-reactive ketones (excluding diaryl/α,β-unsaturated/α-hetero) is 1. The Morgan fingerprint density at radius 3 is 2.27 bits per heavy atom. The zero-order valence-electron chi connectivity index (χ0n) is 7.77. The van der Waals surface area contributed by atoms with Crippen LogP contribution < -0.4 is 5.32 Å². The van der Waals surface area contributed by atoms with Crippen LogP contribution in [0.2, 0.25) is 0 Å². The highest BCUT2D eigenvalue weighted by atomic mass is 16.1. The zero-order chi connectivity index (χ0) is 8.65. The second-order valence-corrected chi connectivity index (χ2v) is 4.24. The van der Waals surface area contributed by atoms with Gasteiger partial charge in [0.1, 0.15) is 5.78 Å². The fourth-order valence-corrected chi connectivity index (χ4v) is 1.55. The minimum absolute atomic E-state index is 0.0972. The van der Waals surface area contributed by atoms with Crippen LogP contribution in [0.5, 0.6) is 0 Å². The summed E-state index contributed by atoms with van der Waals surface area (Å²) in [6, 6.07) is 0.552. The van der Waals surface area contributed by atoms with Crippen LogP contribution in [0, 0.1) is 5.41 Å². The first-order valence-corrected chi connectivity index (χ1v) is 4.20. The summed E-state index contributed by atoms with van der Waals surface area (Å²) in [6.07, 6.45) is 0.976. The lowest BCUT2D eigenvalue weighted by molar-refractivity contribution is -0.118. The summed E-state index contributed by atoms with van der Waals surface area (Å²) in [4.78, 5) is 11.0. The van der Waals surface area contributed by atoms with Crippen molar-refractivity contribution in [1.82, 2.24) is 5.32 Å². The molecule has 0 aliphatic carbocycles. The number of hydrogen-bond donors (Lipinski definition) is 1. The average molecular weight is 155 g/mol. The standard InChI is InChI=1S/C9H17NO/c1-6(11)8-5-9(3,4)7(2)10-8/h7-8,10H,5H2,1-4H3/t7-,8-/m0/s1. The van der Waals surface area contributed by atoms with Crippen molar-refractivity contribution in [1.29, 1.82) is 0 Å². The predicted molar refractivity (Wildman–Crippen MR) is 45.5 cm³/mol. The molecule has 1 N–H and O–H groups in total. The molecule has 2 nitrogen and oxygen atoms in total. The summed E-state index contributed by atoms with van der Waals surface area (Å²) in [5, 5.41) is 3.29. The van der Waals surface area contributed by atoms with Gasteiger partial charge in [-0.15, -0.1) is 0 Å². The maximum atomic E-state index is 11.0. The van der Waals surface area contributed by atoms with E-state index in [-0.39, 0.29) is 17.2 Å². The Morgan fingerprint density at radius 1 is 1.55 bits per heavy atom.